The molecule has 4 heteroatoms. The van der Waals surface area contributed by atoms with Gasteiger partial charge in [0.25, 0.3) is 0 Å². The molecule has 1 spiro atoms. The summed E-state index contributed by atoms with van der Waals surface area (Å²) in [6.45, 7) is 0. The second-order valence-electron chi connectivity index (χ2n) is 16.9. The molecule has 0 aliphatic heterocycles. The fraction of sp³-hybridized carbons (Fsp3) is 0.0164. The van der Waals surface area contributed by atoms with Gasteiger partial charge >= 0.3 is 0 Å². The van der Waals surface area contributed by atoms with Crippen molar-refractivity contribution in [1.29, 1.82) is 0 Å². The van der Waals surface area contributed by atoms with E-state index in [2.05, 4.69) is 170 Å². The summed E-state index contributed by atoms with van der Waals surface area (Å²) >= 11 is 0. The van der Waals surface area contributed by atoms with Crippen LogP contribution in [0.2, 0.25) is 0 Å². The third kappa shape index (κ3) is 5.77. The van der Waals surface area contributed by atoms with E-state index in [1.165, 1.54) is 49.9 Å². The van der Waals surface area contributed by atoms with Crippen molar-refractivity contribution in [3.8, 4) is 89.9 Å². The topological polar surface area (TPSA) is 51.6 Å². The number of nitrogens with zero attached hydrogens (tertiary/aromatic N) is 4. The Hall–Kier alpha value is -8.60. The highest BCUT2D eigenvalue weighted by Gasteiger charge is 2.53. The summed E-state index contributed by atoms with van der Waals surface area (Å²) in [6, 6.07) is 82.1. The number of pyridine rings is 1. The molecule has 65 heavy (non-hydrogen) atoms. The van der Waals surface area contributed by atoms with Crippen molar-refractivity contribution in [2.24, 2.45) is 0 Å². The zero-order valence-electron chi connectivity index (χ0n) is 35.2. The molecule has 9 aromatic carbocycles. The smallest absolute Gasteiger partial charge is 0.164 e. The molecule has 0 amide bonds. The first-order valence-electron chi connectivity index (χ1n) is 22.1. The molecule has 2 heterocycles. The Morgan fingerprint density at radius 2 is 0.615 bits per heavy atom. The predicted octanol–water partition coefficient (Wildman–Crippen LogP) is 14.8. The van der Waals surface area contributed by atoms with Gasteiger partial charge in [-0.2, -0.15) is 0 Å². The molecule has 0 saturated carbocycles. The molecule has 4 nitrogen and oxygen atoms in total. The second kappa shape index (κ2) is 14.8. The predicted molar refractivity (Wildman–Crippen MR) is 264 cm³/mol. The molecule has 0 saturated heterocycles. The SMILES string of the molecule is c1ccc(-c2nc(-c3ccccc3)nc(-c3ccc(-c4ccc(-c5ccc(-c6nc7ccccc7c7c6-c6ccccc6C76c7ccccc7-c7ccccc76)cc5)cc4)cc3)n2)cc1. The molecular formula is C61H38N4. The van der Waals surface area contributed by atoms with Crippen LogP contribution in [0.5, 0.6) is 0 Å². The summed E-state index contributed by atoms with van der Waals surface area (Å²) < 4.78 is 0. The zero-order chi connectivity index (χ0) is 42.9. The highest BCUT2D eigenvalue weighted by atomic mass is 15.0. The maximum absolute atomic E-state index is 5.48. The standard InChI is InChI=1S/C61H38N4/c1-3-15-44(16-4-1)58-63-59(45-17-5-2-6-18-45)65-60(64-58)46-37-33-42(34-38-46)40-29-27-39(28-30-40)41-31-35-43(36-32-41)57-55-49-21-9-13-25-53(49)61(56(55)50-22-10-14-26-54(50)62-57)51-23-11-7-19-47(51)48-20-8-12-24-52(48)61/h1-38H. The van der Waals surface area contributed by atoms with E-state index in [0.717, 1.165) is 55.7 Å². The molecule has 0 fully saturated rings. The lowest BCUT2D eigenvalue weighted by molar-refractivity contribution is 0.801. The minimum Gasteiger partial charge on any atom is -0.247 e. The van der Waals surface area contributed by atoms with Crippen LogP contribution in [0.25, 0.3) is 101 Å². The Kier molecular flexibility index (Phi) is 8.40. The van der Waals surface area contributed by atoms with E-state index in [-0.39, 0.29) is 0 Å². The van der Waals surface area contributed by atoms with Crippen LogP contribution < -0.4 is 0 Å². The van der Waals surface area contributed by atoms with Gasteiger partial charge in [0.2, 0.25) is 0 Å². The van der Waals surface area contributed by atoms with Crippen LogP contribution in [0.4, 0.5) is 0 Å². The summed E-state index contributed by atoms with van der Waals surface area (Å²) in [7, 11) is 0. The quantitative estimate of drug-likeness (QED) is 0.168. The van der Waals surface area contributed by atoms with E-state index < -0.39 is 5.41 Å². The monoisotopic (exact) mass is 826 g/mol. The number of fused-ring (bicyclic) bond motifs is 12. The molecule has 302 valence electrons. The minimum atomic E-state index is -0.455. The van der Waals surface area contributed by atoms with Crippen LogP contribution in [-0.4, -0.2) is 19.9 Å². The van der Waals surface area contributed by atoms with Gasteiger partial charge in [0, 0.05) is 33.2 Å². The lowest BCUT2D eigenvalue weighted by atomic mass is 9.69. The van der Waals surface area contributed by atoms with E-state index in [0.29, 0.717) is 17.5 Å². The van der Waals surface area contributed by atoms with Crippen molar-refractivity contribution in [3.63, 3.8) is 0 Å². The first-order chi connectivity index (χ1) is 32.2. The molecule has 0 bridgehead atoms. The van der Waals surface area contributed by atoms with Crippen molar-refractivity contribution < 1.29 is 0 Å². The summed E-state index contributed by atoms with van der Waals surface area (Å²) in [5, 5.41) is 1.19. The van der Waals surface area contributed by atoms with Gasteiger partial charge < -0.3 is 0 Å². The van der Waals surface area contributed by atoms with Crippen LogP contribution >= 0.6 is 0 Å². The third-order valence-corrected chi connectivity index (χ3v) is 13.4. The van der Waals surface area contributed by atoms with Gasteiger partial charge in [-0.25, -0.2) is 19.9 Å². The Bertz CT molecular complexity index is 3520. The number of rotatable bonds is 6. The average molecular weight is 827 g/mol. The van der Waals surface area contributed by atoms with E-state index in [9.17, 15) is 0 Å². The Labute approximate surface area is 377 Å². The lowest BCUT2D eigenvalue weighted by Crippen LogP contribution is -2.26. The summed E-state index contributed by atoms with van der Waals surface area (Å²) in [5.41, 5.74) is 20.5. The number of hydrogen-bond acceptors (Lipinski definition) is 4. The maximum Gasteiger partial charge on any atom is 0.164 e. The number of benzene rings is 9. The van der Waals surface area contributed by atoms with E-state index in [1.54, 1.807) is 0 Å². The van der Waals surface area contributed by atoms with Crippen molar-refractivity contribution in [2.75, 3.05) is 0 Å². The second-order valence-corrected chi connectivity index (χ2v) is 16.9. The number of hydrogen-bond donors (Lipinski definition) is 0. The van der Waals surface area contributed by atoms with E-state index in [1.807, 2.05) is 60.7 Å². The van der Waals surface area contributed by atoms with E-state index in [4.69, 9.17) is 19.9 Å². The molecule has 11 aromatic rings. The number of aromatic nitrogens is 4. The van der Waals surface area contributed by atoms with Crippen LogP contribution in [-0.2, 0) is 5.41 Å². The molecule has 2 aliphatic rings. The molecule has 0 radical (unpaired) electrons. The van der Waals surface area contributed by atoms with Gasteiger partial charge in [-0.1, -0.05) is 224 Å². The van der Waals surface area contributed by atoms with Crippen LogP contribution in [0.1, 0.15) is 22.3 Å². The average Bonchev–Trinajstić information content (AvgIpc) is 3.87. The molecule has 13 rings (SSSR count). The molecule has 0 atom stereocenters. The van der Waals surface area contributed by atoms with Crippen LogP contribution in [0, 0.1) is 0 Å². The van der Waals surface area contributed by atoms with Gasteiger partial charge in [0.1, 0.15) is 0 Å². The summed E-state index contributed by atoms with van der Waals surface area (Å²) in [5.74, 6) is 1.95. The van der Waals surface area contributed by atoms with Gasteiger partial charge in [-0.15, -0.1) is 0 Å². The maximum atomic E-state index is 5.48. The Morgan fingerprint density at radius 3 is 1.11 bits per heavy atom. The van der Waals surface area contributed by atoms with Crippen LogP contribution in [0.15, 0.2) is 231 Å². The van der Waals surface area contributed by atoms with Gasteiger partial charge in [0.15, 0.2) is 17.5 Å². The van der Waals surface area contributed by atoms with Crippen LogP contribution in [0.3, 0.4) is 0 Å². The summed E-state index contributed by atoms with van der Waals surface area (Å²) in [4.78, 5) is 20.2. The van der Waals surface area contributed by atoms with Crippen molar-refractivity contribution in [1.82, 2.24) is 19.9 Å². The molecule has 0 N–H and O–H groups in total. The first kappa shape index (κ1) is 37.0. The Morgan fingerprint density at radius 1 is 0.262 bits per heavy atom. The molecule has 2 aromatic heterocycles. The summed E-state index contributed by atoms with van der Waals surface area (Å²) in [6.07, 6.45) is 0. The molecule has 0 unspecified atom stereocenters. The van der Waals surface area contributed by atoms with Gasteiger partial charge in [-0.3, -0.25) is 0 Å². The highest BCUT2D eigenvalue weighted by molar-refractivity contribution is 6.06. The lowest BCUT2D eigenvalue weighted by Gasteiger charge is -2.31. The largest absolute Gasteiger partial charge is 0.247 e. The first-order valence-corrected chi connectivity index (χ1v) is 22.1. The van der Waals surface area contributed by atoms with Crippen molar-refractivity contribution >= 4 is 10.9 Å². The molecular weight excluding hydrogens is 789 g/mol. The number of para-hydroxylation sites is 1. The van der Waals surface area contributed by atoms with E-state index >= 15 is 0 Å². The van der Waals surface area contributed by atoms with Crippen molar-refractivity contribution in [3.05, 3.63) is 253 Å². The van der Waals surface area contributed by atoms with Gasteiger partial charge in [-0.05, 0) is 67.3 Å². The Balaban J connectivity index is 0.846. The molecule has 2 aliphatic carbocycles. The van der Waals surface area contributed by atoms with Crippen molar-refractivity contribution in [2.45, 2.75) is 5.41 Å². The fourth-order valence-electron chi connectivity index (χ4n) is 10.5. The highest BCUT2D eigenvalue weighted by Crippen LogP contribution is 2.65. The third-order valence-electron chi connectivity index (χ3n) is 13.4. The normalized spacial score (nSPS) is 12.7. The minimum absolute atomic E-state index is 0.455. The fourth-order valence-corrected chi connectivity index (χ4v) is 10.5. The van der Waals surface area contributed by atoms with Gasteiger partial charge in [0.05, 0.1) is 16.6 Å². The zero-order valence-corrected chi connectivity index (χ0v) is 35.2.